The van der Waals surface area contributed by atoms with E-state index in [-0.39, 0.29) is 5.91 Å². The first-order chi connectivity index (χ1) is 7.37. The van der Waals surface area contributed by atoms with Crippen LogP contribution in [0.25, 0.3) is 0 Å². The van der Waals surface area contributed by atoms with Crippen LogP contribution in [0.5, 0.6) is 0 Å². The summed E-state index contributed by atoms with van der Waals surface area (Å²) in [6.07, 6.45) is 3.50. The smallest absolute Gasteiger partial charge is 0.295 e. The Morgan fingerprint density at radius 3 is 2.38 bits per heavy atom. The van der Waals surface area contributed by atoms with Gasteiger partial charge in [0.25, 0.3) is 5.91 Å². The molecular formula is C13H21NO2. The van der Waals surface area contributed by atoms with Gasteiger partial charge in [-0.3, -0.25) is 4.79 Å². The molecule has 0 saturated heterocycles. The van der Waals surface area contributed by atoms with E-state index in [2.05, 4.69) is 31.0 Å². The third-order valence-corrected chi connectivity index (χ3v) is 3.35. The largest absolute Gasteiger partial charge is 0.388 e. The van der Waals surface area contributed by atoms with Crippen LogP contribution in [-0.2, 0) is 4.79 Å². The summed E-state index contributed by atoms with van der Waals surface area (Å²) in [6, 6.07) is 0. The van der Waals surface area contributed by atoms with E-state index in [0.29, 0.717) is 12.0 Å². The summed E-state index contributed by atoms with van der Waals surface area (Å²) in [5.41, 5.74) is -0.417. The molecule has 1 amide bonds. The molecule has 16 heavy (non-hydrogen) atoms. The molecule has 90 valence electrons. The Kier molecular flexibility index (Phi) is 3.98. The zero-order valence-electron chi connectivity index (χ0n) is 10.4. The molecule has 1 fully saturated rings. The number of carbonyl (C=O) groups excluding carboxylic acids is 1. The van der Waals surface area contributed by atoms with Gasteiger partial charge in [0, 0.05) is 6.54 Å². The van der Waals surface area contributed by atoms with E-state index >= 15 is 0 Å². The number of hydrogen-bond donors (Lipinski definition) is 2. The molecule has 0 radical (unpaired) electrons. The molecule has 0 unspecified atom stereocenters. The summed E-state index contributed by atoms with van der Waals surface area (Å²) >= 11 is 0. The predicted octanol–water partition coefficient (Wildman–Crippen LogP) is 1.46. The second kappa shape index (κ2) is 4.88. The van der Waals surface area contributed by atoms with Crippen molar-refractivity contribution in [3.8, 4) is 11.8 Å². The minimum Gasteiger partial charge on any atom is -0.388 e. The summed E-state index contributed by atoms with van der Waals surface area (Å²) in [4.78, 5) is 11.2. The second-order valence-corrected chi connectivity index (χ2v) is 5.45. The maximum Gasteiger partial charge on any atom is 0.295 e. The van der Waals surface area contributed by atoms with Gasteiger partial charge < -0.3 is 10.4 Å². The third kappa shape index (κ3) is 3.86. The van der Waals surface area contributed by atoms with Crippen LogP contribution in [0, 0.1) is 17.3 Å². The van der Waals surface area contributed by atoms with Crippen LogP contribution in [0.1, 0.15) is 46.5 Å². The topological polar surface area (TPSA) is 49.3 Å². The second-order valence-electron chi connectivity index (χ2n) is 5.45. The SMILES string of the molecule is CC#CC(=O)NCC1(O)CCC(C)(C)CC1. The van der Waals surface area contributed by atoms with Gasteiger partial charge in [0.1, 0.15) is 0 Å². The maximum absolute atomic E-state index is 11.2. The van der Waals surface area contributed by atoms with Gasteiger partial charge in [0.15, 0.2) is 0 Å². The van der Waals surface area contributed by atoms with Crippen molar-refractivity contribution in [2.24, 2.45) is 5.41 Å². The first kappa shape index (κ1) is 13.1. The van der Waals surface area contributed by atoms with Crippen molar-refractivity contribution in [3.05, 3.63) is 0 Å². The Bertz CT molecular complexity index is 313. The molecule has 1 aliphatic rings. The molecule has 3 nitrogen and oxygen atoms in total. The van der Waals surface area contributed by atoms with E-state index in [9.17, 15) is 9.90 Å². The highest BCUT2D eigenvalue weighted by Gasteiger charge is 2.36. The first-order valence-electron chi connectivity index (χ1n) is 5.80. The van der Waals surface area contributed by atoms with Crippen LogP contribution >= 0.6 is 0 Å². The van der Waals surface area contributed by atoms with Crippen LogP contribution in [0.4, 0.5) is 0 Å². The van der Waals surface area contributed by atoms with Crippen molar-refractivity contribution in [1.82, 2.24) is 5.32 Å². The van der Waals surface area contributed by atoms with Gasteiger partial charge in [0.2, 0.25) is 0 Å². The van der Waals surface area contributed by atoms with Crippen molar-refractivity contribution in [1.29, 1.82) is 0 Å². The molecule has 0 heterocycles. The molecule has 0 aromatic rings. The Hall–Kier alpha value is -1.01. The van der Waals surface area contributed by atoms with Crippen molar-refractivity contribution < 1.29 is 9.90 Å². The summed E-state index contributed by atoms with van der Waals surface area (Å²) in [5, 5.41) is 12.9. The summed E-state index contributed by atoms with van der Waals surface area (Å²) < 4.78 is 0. The fourth-order valence-corrected chi connectivity index (χ4v) is 1.97. The van der Waals surface area contributed by atoms with Gasteiger partial charge >= 0.3 is 0 Å². The molecule has 0 aromatic carbocycles. The molecule has 1 aliphatic carbocycles. The molecule has 3 heteroatoms. The highest BCUT2D eigenvalue weighted by Crippen LogP contribution is 2.39. The lowest BCUT2D eigenvalue weighted by atomic mass is 9.71. The Morgan fingerprint density at radius 2 is 1.88 bits per heavy atom. The molecule has 0 spiro atoms. The predicted molar refractivity (Wildman–Crippen MR) is 63.7 cm³/mol. The van der Waals surface area contributed by atoms with E-state index in [4.69, 9.17) is 0 Å². The zero-order valence-corrected chi connectivity index (χ0v) is 10.4. The quantitative estimate of drug-likeness (QED) is 0.696. The number of nitrogens with one attached hydrogen (secondary N) is 1. The fraction of sp³-hybridized carbons (Fsp3) is 0.769. The van der Waals surface area contributed by atoms with Crippen LogP contribution in [0.15, 0.2) is 0 Å². The third-order valence-electron chi connectivity index (χ3n) is 3.35. The number of hydrogen-bond acceptors (Lipinski definition) is 2. The van der Waals surface area contributed by atoms with E-state index in [1.165, 1.54) is 0 Å². The van der Waals surface area contributed by atoms with Gasteiger partial charge in [-0.05, 0) is 43.9 Å². The van der Waals surface area contributed by atoms with E-state index in [1.54, 1.807) is 6.92 Å². The monoisotopic (exact) mass is 223 g/mol. The van der Waals surface area contributed by atoms with E-state index < -0.39 is 5.60 Å². The van der Waals surface area contributed by atoms with Gasteiger partial charge in [-0.1, -0.05) is 19.8 Å². The molecule has 0 atom stereocenters. The maximum atomic E-state index is 11.2. The molecule has 0 aromatic heterocycles. The molecular weight excluding hydrogens is 202 g/mol. The molecule has 1 rings (SSSR count). The van der Waals surface area contributed by atoms with Crippen LogP contribution in [-0.4, -0.2) is 23.2 Å². The number of rotatable bonds is 2. The summed E-state index contributed by atoms with van der Waals surface area (Å²) in [5.74, 6) is 4.64. The van der Waals surface area contributed by atoms with Crippen LogP contribution in [0.2, 0.25) is 0 Å². The average molecular weight is 223 g/mol. The number of carbonyl (C=O) groups is 1. The normalized spacial score (nSPS) is 21.8. The van der Waals surface area contributed by atoms with Gasteiger partial charge in [-0.15, -0.1) is 0 Å². The van der Waals surface area contributed by atoms with E-state index in [1.807, 2.05) is 0 Å². The highest BCUT2D eigenvalue weighted by molar-refractivity contribution is 5.93. The Labute approximate surface area is 97.6 Å². The number of aliphatic hydroxyl groups is 1. The minimum absolute atomic E-state index is 0.305. The lowest BCUT2D eigenvalue weighted by Gasteiger charge is -2.40. The van der Waals surface area contributed by atoms with Gasteiger partial charge in [0.05, 0.1) is 5.60 Å². The van der Waals surface area contributed by atoms with Crippen molar-refractivity contribution in [2.75, 3.05) is 6.54 Å². The Balaban J connectivity index is 2.42. The summed E-state index contributed by atoms with van der Waals surface area (Å²) in [7, 11) is 0. The average Bonchev–Trinajstić information content (AvgIpc) is 2.21. The Morgan fingerprint density at radius 1 is 1.31 bits per heavy atom. The molecule has 0 aliphatic heterocycles. The van der Waals surface area contributed by atoms with Crippen molar-refractivity contribution in [2.45, 2.75) is 52.1 Å². The van der Waals surface area contributed by atoms with Gasteiger partial charge in [-0.2, -0.15) is 0 Å². The summed E-state index contributed by atoms with van der Waals surface area (Å²) in [6.45, 7) is 6.37. The molecule has 0 bridgehead atoms. The van der Waals surface area contributed by atoms with Gasteiger partial charge in [-0.25, -0.2) is 0 Å². The zero-order chi connectivity index (χ0) is 12.2. The molecule has 1 saturated carbocycles. The fourth-order valence-electron chi connectivity index (χ4n) is 1.97. The lowest BCUT2D eigenvalue weighted by Crippen LogP contribution is -2.46. The standard InChI is InChI=1S/C13H21NO2/c1-4-5-11(15)14-10-13(16)8-6-12(2,3)7-9-13/h16H,6-10H2,1-3H3,(H,14,15). The van der Waals surface area contributed by atoms with Crippen LogP contribution in [0.3, 0.4) is 0 Å². The first-order valence-corrected chi connectivity index (χ1v) is 5.80. The van der Waals surface area contributed by atoms with Crippen molar-refractivity contribution >= 4 is 5.91 Å². The molecule has 2 N–H and O–H groups in total. The highest BCUT2D eigenvalue weighted by atomic mass is 16.3. The van der Waals surface area contributed by atoms with Crippen molar-refractivity contribution in [3.63, 3.8) is 0 Å². The number of amides is 1. The minimum atomic E-state index is -0.736. The lowest BCUT2D eigenvalue weighted by molar-refractivity contribution is -0.117. The van der Waals surface area contributed by atoms with Crippen LogP contribution < -0.4 is 5.32 Å². The van der Waals surface area contributed by atoms with E-state index in [0.717, 1.165) is 25.7 Å².